The Hall–Kier alpha value is -1.15. The van der Waals surface area contributed by atoms with Gasteiger partial charge in [-0.2, -0.15) is 0 Å². The molecule has 0 radical (unpaired) electrons. The molecule has 2 fully saturated rings. The van der Waals surface area contributed by atoms with Crippen molar-refractivity contribution in [1.82, 2.24) is 9.62 Å². The molecule has 0 bridgehead atoms. The molecule has 6 nitrogen and oxygen atoms in total. The fourth-order valence-corrected chi connectivity index (χ4v) is 4.44. The molecule has 1 aliphatic heterocycles. The van der Waals surface area contributed by atoms with Gasteiger partial charge in [-0.15, -0.1) is 12.4 Å². The van der Waals surface area contributed by atoms with Crippen LogP contribution in [0.15, 0.2) is 29.2 Å². The Morgan fingerprint density at radius 3 is 2.68 bits per heavy atom. The van der Waals surface area contributed by atoms with E-state index in [1.54, 1.807) is 17.0 Å². The van der Waals surface area contributed by atoms with Crippen LogP contribution in [-0.2, 0) is 10.0 Å². The van der Waals surface area contributed by atoms with Crippen LogP contribution in [0, 0.1) is 5.92 Å². The number of sulfonamides is 1. The zero-order chi connectivity index (χ0) is 17.3. The van der Waals surface area contributed by atoms with Gasteiger partial charge in [0.2, 0.25) is 10.0 Å². The fourth-order valence-electron chi connectivity index (χ4n) is 3.09. The van der Waals surface area contributed by atoms with Gasteiger partial charge in [-0.25, -0.2) is 13.1 Å². The second kappa shape index (κ2) is 8.03. The molecule has 0 aromatic heterocycles. The Morgan fingerprint density at radius 1 is 1.32 bits per heavy atom. The molecule has 0 spiro atoms. The third kappa shape index (κ3) is 4.94. The Kier molecular flexibility index (Phi) is 6.48. The van der Waals surface area contributed by atoms with E-state index in [1.807, 2.05) is 6.92 Å². The molecule has 1 aromatic carbocycles. The van der Waals surface area contributed by atoms with Gasteiger partial charge in [0.25, 0.3) is 5.91 Å². The minimum atomic E-state index is -3.55. The van der Waals surface area contributed by atoms with Crippen LogP contribution < -0.4 is 10.5 Å². The summed E-state index contributed by atoms with van der Waals surface area (Å²) >= 11 is 0. The maximum atomic E-state index is 12.8. The molecule has 1 aromatic rings. The molecule has 1 saturated heterocycles. The van der Waals surface area contributed by atoms with E-state index in [2.05, 4.69) is 4.72 Å². The quantitative estimate of drug-likeness (QED) is 0.804. The number of hydrogen-bond acceptors (Lipinski definition) is 4. The standard InChI is InChI=1S/C17H25N3O3S.ClH/c1-12(18)14-5-3-9-20(11-14)17(21)13-4-2-6-16(10-13)24(22,23)19-15-7-8-15;/h2,4,6,10,12,14-15,19H,3,5,7-9,11,18H2,1H3;1H. The summed E-state index contributed by atoms with van der Waals surface area (Å²) in [4.78, 5) is 14.7. The van der Waals surface area contributed by atoms with Crippen molar-refractivity contribution in [2.45, 2.75) is 49.6 Å². The maximum absolute atomic E-state index is 12.8. The minimum Gasteiger partial charge on any atom is -0.338 e. The number of carbonyl (C=O) groups excluding carboxylic acids is 1. The molecule has 1 amide bonds. The van der Waals surface area contributed by atoms with Crippen LogP contribution in [0.3, 0.4) is 0 Å². The van der Waals surface area contributed by atoms with Crippen molar-refractivity contribution in [2.75, 3.05) is 13.1 Å². The zero-order valence-electron chi connectivity index (χ0n) is 14.3. The van der Waals surface area contributed by atoms with Crippen LogP contribution in [0.5, 0.6) is 0 Å². The summed E-state index contributed by atoms with van der Waals surface area (Å²) < 4.78 is 27.3. The lowest BCUT2D eigenvalue weighted by atomic mass is 9.92. The normalized spacial score (nSPS) is 22.2. The molecular weight excluding hydrogens is 362 g/mol. The summed E-state index contributed by atoms with van der Waals surface area (Å²) in [5.41, 5.74) is 6.39. The van der Waals surface area contributed by atoms with Gasteiger partial charge in [0.05, 0.1) is 4.90 Å². The Labute approximate surface area is 155 Å². The predicted molar refractivity (Wildman–Crippen MR) is 99.3 cm³/mol. The van der Waals surface area contributed by atoms with Gasteiger partial charge in [0.15, 0.2) is 0 Å². The number of nitrogens with zero attached hydrogens (tertiary/aromatic N) is 1. The number of nitrogens with two attached hydrogens (primary N) is 1. The van der Waals surface area contributed by atoms with Crippen molar-refractivity contribution in [1.29, 1.82) is 0 Å². The lowest BCUT2D eigenvalue weighted by Crippen LogP contribution is -2.45. The van der Waals surface area contributed by atoms with E-state index >= 15 is 0 Å². The summed E-state index contributed by atoms with van der Waals surface area (Å²) in [7, 11) is -3.55. The smallest absolute Gasteiger partial charge is 0.253 e. The van der Waals surface area contributed by atoms with E-state index < -0.39 is 10.0 Å². The molecule has 8 heteroatoms. The highest BCUT2D eigenvalue weighted by Crippen LogP contribution is 2.24. The van der Waals surface area contributed by atoms with E-state index in [0.29, 0.717) is 24.6 Å². The first-order chi connectivity index (χ1) is 11.4. The van der Waals surface area contributed by atoms with E-state index in [9.17, 15) is 13.2 Å². The lowest BCUT2D eigenvalue weighted by molar-refractivity contribution is 0.0660. The Bertz CT molecular complexity index is 720. The first-order valence-corrected chi connectivity index (χ1v) is 10.0. The van der Waals surface area contributed by atoms with Gasteiger partial charge in [-0.3, -0.25) is 4.79 Å². The van der Waals surface area contributed by atoms with E-state index in [4.69, 9.17) is 5.73 Å². The summed E-state index contributed by atoms with van der Waals surface area (Å²) in [5.74, 6) is 0.176. The first kappa shape index (κ1) is 20.2. The van der Waals surface area contributed by atoms with Crippen LogP contribution in [-0.4, -0.2) is 44.4 Å². The van der Waals surface area contributed by atoms with Gasteiger partial charge in [-0.05, 0) is 56.7 Å². The van der Waals surface area contributed by atoms with Crippen LogP contribution in [0.1, 0.15) is 43.0 Å². The van der Waals surface area contributed by atoms with Crippen molar-refractivity contribution in [3.8, 4) is 0 Å². The van der Waals surface area contributed by atoms with Crippen LogP contribution in [0.25, 0.3) is 0 Å². The number of nitrogens with one attached hydrogen (secondary N) is 1. The molecule has 140 valence electrons. The summed E-state index contributed by atoms with van der Waals surface area (Å²) in [6.45, 7) is 3.29. The number of hydrogen-bond donors (Lipinski definition) is 2. The van der Waals surface area contributed by atoms with Crippen molar-refractivity contribution in [2.24, 2.45) is 11.7 Å². The third-order valence-electron chi connectivity index (χ3n) is 4.78. The fraction of sp³-hybridized carbons (Fsp3) is 0.588. The van der Waals surface area contributed by atoms with Gasteiger partial charge < -0.3 is 10.6 Å². The van der Waals surface area contributed by atoms with E-state index in [1.165, 1.54) is 12.1 Å². The topological polar surface area (TPSA) is 92.5 Å². The molecule has 1 saturated carbocycles. The van der Waals surface area contributed by atoms with E-state index in [-0.39, 0.29) is 35.3 Å². The summed E-state index contributed by atoms with van der Waals surface area (Å²) in [6.07, 6.45) is 3.72. The third-order valence-corrected chi connectivity index (χ3v) is 6.30. The lowest BCUT2D eigenvalue weighted by Gasteiger charge is -2.34. The average Bonchev–Trinajstić information content (AvgIpc) is 3.37. The summed E-state index contributed by atoms with van der Waals surface area (Å²) in [5, 5.41) is 0. The monoisotopic (exact) mass is 387 g/mol. The maximum Gasteiger partial charge on any atom is 0.253 e. The average molecular weight is 388 g/mol. The Balaban J connectivity index is 0.00000225. The molecule has 3 N–H and O–H groups in total. The number of amides is 1. The van der Waals surface area contributed by atoms with Crippen LogP contribution >= 0.6 is 12.4 Å². The highest BCUT2D eigenvalue weighted by Gasteiger charge is 2.29. The molecule has 25 heavy (non-hydrogen) atoms. The first-order valence-electron chi connectivity index (χ1n) is 8.54. The number of benzene rings is 1. The zero-order valence-corrected chi connectivity index (χ0v) is 16.0. The second-order valence-electron chi connectivity index (χ2n) is 6.94. The van der Waals surface area contributed by atoms with Gasteiger partial charge in [0.1, 0.15) is 0 Å². The van der Waals surface area contributed by atoms with Crippen molar-refractivity contribution in [3.63, 3.8) is 0 Å². The van der Waals surface area contributed by atoms with Gasteiger partial charge in [0, 0.05) is 30.7 Å². The molecular formula is C17H26ClN3O3S. The number of piperidine rings is 1. The van der Waals surface area contributed by atoms with Crippen LogP contribution in [0.4, 0.5) is 0 Å². The Morgan fingerprint density at radius 2 is 2.04 bits per heavy atom. The molecule has 3 rings (SSSR count). The number of halogens is 1. The highest BCUT2D eigenvalue weighted by atomic mass is 35.5. The highest BCUT2D eigenvalue weighted by molar-refractivity contribution is 7.89. The molecule has 2 atom stereocenters. The second-order valence-corrected chi connectivity index (χ2v) is 8.65. The van der Waals surface area contributed by atoms with Crippen molar-refractivity contribution in [3.05, 3.63) is 29.8 Å². The minimum absolute atomic E-state index is 0. The van der Waals surface area contributed by atoms with Crippen molar-refractivity contribution < 1.29 is 13.2 Å². The van der Waals surface area contributed by atoms with Crippen LogP contribution in [0.2, 0.25) is 0 Å². The summed E-state index contributed by atoms with van der Waals surface area (Å²) in [6, 6.07) is 6.40. The van der Waals surface area contributed by atoms with Gasteiger partial charge in [-0.1, -0.05) is 6.07 Å². The largest absolute Gasteiger partial charge is 0.338 e. The van der Waals surface area contributed by atoms with E-state index in [0.717, 1.165) is 25.7 Å². The van der Waals surface area contributed by atoms with Gasteiger partial charge >= 0.3 is 0 Å². The SMILES string of the molecule is CC(N)C1CCCN(C(=O)c2cccc(S(=O)(=O)NC3CC3)c2)C1.Cl. The molecule has 2 aliphatic rings. The predicted octanol–water partition coefficient (Wildman–Crippen LogP) is 1.75. The molecule has 2 unspecified atom stereocenters. The molecule has 1 aliphatic carbocycles. The number of likely N-dealkylation sites (tertiary alicyclic amines) is 1. The number of carbonyl (C=O) groups is 1. The van der Waals surface area contributed by atoms with Crippen molar-refractivity contribution >= 4 is 28.3 Å². The number of rotatable bonds is 5. The molecule has 1 heterocycles.